The van der Waals surface area contributed by atoms with Gasteiger partial charge in [0.25, 0.3) is 5.56 Å². The summed E-state index contributed by atoms with van der Waals surface area (Å²) in [5, 5.41) is 0.705. The van der Waals surface area contributed by atoms with E-state index in [-0.39, 0.29) is 11.5 Å². The maximum atomic E-state index is 12.4. The standard InChI is InChI=1S/C19H23ClN4O2/c1-4-5-15-21-17-16(23(15)3)18(25)22-19(26)24(17)11-10-12(2)13-6-8-14(20)9-7-13/h6-9,12H,4-5,10-11H2,1-3H3,(H,22,25,26). The highest BCUT2D eigenvalue weighted by atomic mass is 35.5. The Balaban J connectivity index is 1.94. The Morgan fingerprint density at radius 2 is 1.92 bits per heavy atom. The van der Waals surface area contributed by atoms with Gasteiger partial charge in [-0.15, -0.1) is 0 Å². The number of aromatic nitrogens is 4. The van der Waals surface area contributed by atoms with Crippen molar-refractivity contribution in [1.29, 1.82) is 0 Å². The summed E-state index contributed by atoms with van der Waals surface area (Å²) in [5.74, 6) is 1.07. The fourth-order valence-corrected chi connectivity index (χ4v) is 3.35. The number of hydrogen-bond acceptors (Lipinski definition) is 3. The average Bonchev–Trinajstić information content (AvgIpc) is 2.92. The number of halogens is 1. The number of imidazole rings is 1. The van der Waals surface area contributed by atoms with E-state index >= 15 is 0 Å². The Morgan fingerprint density at radius 3 is 2.58 bits per heavy atom. The molecule has 0 saturated carbocycles. The van der Waals surface area contributed by atoms with Crippen molar-refractivity contribution >= 4 is 22.8 Å². The van der Waals surface area contributed by atoms with Gasteiger partial charge in [0.1, 0.15) is 5.82 Å². The van der Waals surface area contributed by atoms with Crippen molar-refractivity contribution in [3.05, 3.63) is 61.5 Å². The second-order valence-electron chi connectivity index (χ2n) is 6.66. The van der Waals surface area contributed by atoms with Crippen LogP contribution in [0.3, 0.4) is 0 Å². The molecule has 0 aliphatic carbocycles. The van der Waals surface area contributed by atoms with Gasteiger partial charge in [0.05, 0.1) is 0 Å². The lowest BCUT2D eigenvalue weighted by Gasteiger charge is -2.13. The van der Waals surface area contributed by atoms with Crippen LogP contribution in [0.15, 0.2) is 33.9 Å². The van der Waals surface area contributed by atoms with Crippen LogP contribution in [0.1, 0.15) is 44.0 Å². The highest BCUT2D eigenvalue weighted by Crippen LogP contribution is 2.22. The minimum Gasteiger partial charge on any atom is -0.325 e. The number of nitrogens with one attached hydrogen (secondary N) is 1. The average molecular weight is 375 g/mol. The summed E-state index contributed by atoms with van der Waals surface area (Å²) in [4.78, 5) is 31.6. The number of fused-ring (bicyclic) bond motifs is 1. The summed E-state index contributed by atoms with van der Waals surface area (Å²) in [6.07, 6.45) is 2.44. The van der Waals surface area contributed by atoms with E-state index in [1.54, 1.807) is 9.13 Å². The van der Waals surface area contributed by atoms with Crippen molar-refractivity contribution in [2.24, 2.45) is 7.05 Å². The number of benzene rings is 1. The van der Waals surface area contributed by atoms with Crippen LogP contribution >= 0.6 is 11.6 Å². The third-order valence-corrected chi connectivity index (χ3v) is 5.06. The number of H-pyrrole nitrogens is 1. The minimum absolute atomic E-state index is 0.250. The Kier molecular flexibility index (Phi) is 5.32. The van der Waals surface area contributed by atoms with Crippen LogP contribution in [0.2, 0.25) is 5.02 Å². The van der Waals surface area contributed by atoms with E-state index < -0.39 is 5.69 Å². The van der Waals surface area contributed by atoms with Crippen LogP contribution in [0, 0.1) is 0 Å². The molecule has 6 nitrogen and oxygen atoms in total. The minimum atomic E-state index is -0.410. The van der Waals surface area contributed by atoms with Crippen molar-refractivity contribution in [1.82, 2.24) is 19.1 Å². The van der Waals surface area contributed by atoms with Crippen molar-refractivity contribution in [3.8, 4) is 0 Å². The van der Waals surface area contributed by atoms with E-state index in [1.165, 1.54) is 0 Å². The quantitative estimate of drug-likeness (QED) is 0.720. The summed E-state index contributed by atoms with van der Waals surface area (Å²) in [6, 6.07) is 7.73. The van der Waals surface area contributed by atoms with Crippen molar-refractivity contribution < 1.29 is 0 Å². The molecule has 0 bridgehead atoms. The fraction of sp³-hybridized carbons (Fsp3) is 0.421. The smallest absolute Gasteiger partial charge is 0.325 e. The second-order valence-corrected chi connectivity index (χ2v) is 7.10. The van der Waals surface area contributed by atoms with E-state index in [0.717, 1.165) is 30.7 Å². The summed E-state index contributed by atoms with van der Waals surface area (Å²) >= 11 is 5.94. The maximum absolute atomic E-state index is 12.4. The number of rotatable bonds is 6. The van der Waals surface area contributed by atoms with Gasteiger partial charge in [-0.3, -0.25) is 14.3 Å². The molecule has 7 heteroatoms. The van der Waals surface area contributed by atoms with Gasteiger partial charge in [-0.1, -0.05) is 37.6 Å². The molecule has 1 unspecified atom stereocenters. The zero-order valence-corrected chi connectivity index (χ0v) is 16.0. The Morgan fingerprint density at radius 1 is 1.23 bits per heavy atom. The Hall–Kier alpha value is -2.34. The third kappa shape index (κ3) is 3.46. The lowest BCUT2D eigenvalue weighted by atomic mass is 9.98. The van der Waals surface area contributed by atoms with Crippen molar-refractivity contribution in [2.45, 2.75) is 45.6 Å². The molecule has 0 radical (unpaired) electrons. The summed E-state index contributed by atoms with van der Waals surface area (Å²) in [6.45, 7) is 4.65. The van der Waals surface area contributed by atoms with Crippen molar-refractivity contribution in [3.63, 3.8) is 0 Å². The third-order valence-electron chi connectivity index (χ3n) is 4.80. The van der Waals surface area contributed by atoms with Gasteiger partial charge in [0, 0.05) is 25.0 Å². The molecule has 0 amide bonds. The fourth-order valence-electron chi connectivity index (χ4n) is 3.23. The highest BCUT2D eigenvalue weighted by Gasteiger charge is 2.16. The lowest BCUT2D eigenvalue weighted by molar-refractivity contribution is 0.564. The molecule has 26 heavy (non-hydrogen) atoms. The first kappa shape index (κ1) is 18.5. The molecular weight excluding hydrogens is 352 g/mol. The van der Waals surface area contributed by atoms with Gasteiger partial charge in [0.15, 0.2) is 11.2 Å². The van der Waals surface area contributed by atoms with Gasteiger partial charge < -0.3 is 4.57 Å². The largest absolute Gasteiger partial charge is 0.330 e. The van der Waals surface area contributed by atoms with Crippen LogP contribution in [0.25, 0.3) is 11.2 Å². The van der Waals surface area contributed by atoms with Crippen LogP contribution < -0.4 is 11.2 Å². The van der Waals surface area contributed by atoms with E-state index in [1.807, 2.05) is 31.3 Å². The number of hydrogen-bond donors (Lipinski definition) is 1. The summed E-state index contributed by atoms with van der Waals surface area (Å²) in [7, 11) is 1.82. The van der Waals surface area contributed by atoms with E-state index in [9.17, 15) is 9.59 Å². The molecule has 0 fully saturated rings. The van der Waals surface area contributed by atoms with E-state index in [0.29, 0.717) is 22.7 Å². The number of aromatic amines is 1. The molecular formula is C19H23ClN4O2. The van der Waals surface area contributed by atoms with Gasteiger partial charge in [0.2, 0.25) is 0 Å². The number of nitrogens with zero attached hydrogens (tertiary/aromatic N) is 3. The molecule has 1 aromatic carbocycles. The first-order chi connectivity index (χ1) is 12.4. The topological polar surface area (TPSA) is 72.7 Å². The van der Waals surface area contributed by atoms with E-state index in [2.05, 4.69) is 23.8 Å². The monoisotopic (exact) mass is 374 g/mol. The predicted octanol–water partition coefficient (Wildman–Crippen LogP) is 3.22. The molecule has 0 saturated heterocycles. The highest BCUT2D eigenvalue weighted by molar-refractivity contribution is 6.30. The molecule has 138 valence electrons. The van der Waals surface area contributed by atoms with Crippen molar-refractivity contribution in [2.75, 3.05) is 0 Å². The molecule has 3 aromatic rings. The summed E-state index contributed by atoms with van der Waals surface area (Å²) < 4.78 is 3.36. The van der Waals surface area contributed by atoms with Gasteiger partial charge in [-0.05, 0) is 36.5 Å². The molecule has 0 spiro atoms. The molecule has 1 atom stereocenters. The van der Waals surface area contributed by atoms with Gasteiger partial charge in [-0.25, -0.2) is 9.78 Å². The predicted molar refractivity (Wildman–Crippen MR) is 104 cm³/mol. The molecule has 2 heterocycles. The van der Waals surface area contributed by atoms with Gasteiger partial charge >= 0.3 is 5.69 Å². The zero-order chi connectivity index (χ0) is 18.8. The SMILES string of the molecule is CCCc1nc2c(c(=O)[nH]c(=O)n2CCC(C)c2ccc(Cl)cc2)n1C. The zero-order valence-electron chi connectivity index (χ0n) is 15.3. The molecule has 0 aliphatic heterocycles. The van der Waals surface area contributed by atoms with Crippen LogP contribution in [-0.2, 0) is 20.0 Å². The van der Waals surface area contributed by atoms with Crippen LogP contribution in [0.4, 0.5) is 0 Å². The maximum Gasteiger partial charge on any atom is 0.330 e. The molecule has 0 aliphatic rings. The van der Waals surface area contributed by atoms with E-state index in [4.69, 9.17) is 11.6 Å². The molecule has 1 N–H and O–H groups in total. The van der Waals surface area contributed by atoms with Crippen LogP contribution in [0.5, 0.6) is 0 Å². The number of aryl methyl sites for hydroxylation is 3. The molecule has 2 aromatic heterocycles. The Bertz CT molecular complexity index is 1030. The summed E-state index contributed by atoms with van der Waals surface area (Å²) in [5.41, 5.74) is 1.28. The lowest BCUT2D eigenvalue weighted by Crippen LogP contribution is -2.31. The van der Waals surface area contributed by atoms with Crippen LogP contribution in [-0.4, -0.2) is 19.1 Å². The first-order valence-electron chi connectivity index (χ1n) is 8.86. The first-order valence-corrected chi connectivity index (χ1v) is 9.24. The second kappa shape index (κ2) is 7.50. The van der Waals surface area contributed by atoms with Gasteiger partial charge in [-0.2, -0.15) is 0 Å². The molecule has 3 rings (SSSR count). The Labute approximate surface area is 156 Å². The normalized spacial score (nSPS) is 12.6.